The van der Waals surface area contributed by atoms with Crippen molar-refractivity contribution in [1.82, 2.24) is 19.6 Å². The number of hydrogen-bond donors (Lipinski definition) is 3. The molecular weight excluding hydrogens is 496 g/mol. The van der Waals surface area contributed by atoms with Crippen LogP contribution in [0.15, 0.2) is 47.6 Å². The lowest BCUT2D eigenvalue weighted by Crippen LogP contribution is -2.29. The minimum absolute atomic E-state index is 0.299. The van der Waals surface area contributed by atoms with Gasteiger partial charge in [-0.05, 0) is 42.5 Å². The molecule has 1 aliphatic heterocycles. The molecule has 34 heavy (non-hydrogen) atoms. The largest absolute Gasteiger partial charge is 0.384 e. The van der Waals surface area contributed by atoms with E-state index in [9.17, 15) is 0 Å². The van der Waals surface area contributed by atoms with Gasteiger partial charge in [0.25, 0.3) is 0 Å². The summed E-state index contributed by atoms with van der Waals surface area (Å²) in [5.41, 5.74) is 9.73. The van der Waals surface area contributed by atoms with E-state index in [4.69, 9.17) is 20.4 Å². The predicted molar refractivity (Wildman–Crippen MR) is 140 cm³/mol. The van der Waals surface area contributed by atoms with Gasteiger partial charge in [0.15, 0.2) is 5.65 Å². The topological polar surface area (TPSA) is 115 Å². The Labute approximate surface area is 208 Å². The first-order valence-electron chi connectivity index (χ1n) is 11.5. The average molecular weight is 527 g/mol. The number of fused-ring (bicyclic) bond motifs is 1. The molecule has 1 saturated heterocycles. The average Bonchev–Trinajstić information content (AvgIpc) is 3.26. The molecule has 10 heteroatoms. The van der Waals surface area contributed by atoms with Gasteiger partial charge in [-0.2, -0.15) is 19.6 Å². The van der Waals surface area contributed by atoms with Crippen LogP contribution in [0.4, 0.5) is 17.6 Å². The first-order chi connectivity index (χ1) is 16.5. The molecule has 3 aromatic rings. The highest BCUT2D eigenvalue weighted by atomic mass is 79.9. The molecule has 180 valence electrons. The van der Waals surface area contributed by atoms with Gasteiger partial charge in [-0.15, -0.1) is 0 Å². The third-order valence-electron chi connectivity index (χ3n) is 5.57. The molecule has 0 spiro atoms. The summed E-state index contributed by atoms with van der Waals surface area (Å²) >= 11 is 3.34. The number of allylic oxidation sites excluding steroid dienone is 1. The highest BCUT2D eigenvalue weighted by molar-refractivity contribution is 9.09. The number of nitrogens with two attached hydrogens (primary N) is 1. The zero-order chi connectivity index (χ0) is 23.9. The molecule has 9 nitrogen and oxygen atoms in total. The fraction of sp³-hybridized carbons (Fsp3) is 0.417. The summed E-state index contributed by atoms with van der Waals surface area (Å²) in [6.45, 7) is 6.35. The van der Waals surface area contributed by atoms with Crippen LogP contribution in [0.25, 0.3) is 5.65 Å². The van der Waals surface area contributed by atoms with Gasteiger partial charge >= 0.3 is 0 Å². The third kappa shape index (κ3) is 6.12. The van der Waals surface area contributed by atoms with Crippen LogP contribution in [0.3, 0.4) is 0 Å². The Morgan fingerprint density at radius 1 is 1.32 bits per heavy atom. The van der Waals surface area contributed by atoms with Crippen LogP contribution in [-0.2, 0) is 11.3 Å². The van der Waals surface area contributed by atoms with Crippen molar-refractivity contribution in [3.8, 4) is 0 Å². The number of anilines is 2. The smallest absolute Gasteiger partial charge is 0.229 e. The molecule has 0 unspecified atom stereocenters. The molecule has 4 rings (SSSR count). The van der Waals surface area contributed by atoms with Crippen molar-refractivity contribution < 1.29 is 4.74 Å². The Balaban J connectivity index is 1.57. The van der Waals surface area contributed by atoms with Gasteiger partial charge in [0.05, 0.1) is 11.9 Å². The summed E-state index contributed by atoms with van der Waals surface area (Å²) in [6, 6.07) is 8.24. The summed E-state index contributed by atoms with van der Waals surface area (Å²) in [5.74, 6) is 2.01. The first kappa shape index (κ1) is 24.2. The van der Waals surface area contributed by atoms with E-state index in [1.807, 2.05) is 36.5 Å². The molecule has 0 saturated carbocycles. The van der Waals surface area contributed by atoms with Crippen molar-refractivity contribution in [2.45, 2.75) is 45.2 Å². The molecule has 0 bridgehead atoms. The number of hydrogen-bond acceptors (Lipinski definition) is 7. The van der Waals surface area contributed by atoms with E-state index in [0.29, 0.717) is 36.2 Å². The second-order valence-corrected chi connectivity index (χ2v) is 9.16. The van der Waals surface area contributed by atoms with Gasteiger partial charge < -0.3 is 21.1 Å². The Hall–Kier alpha value is -2.98. The fourth-order valence-corrected chi connectivity index (χ4v) is 3.96. The Kier molecular flexibility index (Phi) is 8.12. The molecule has 3 heterocycles. The Morgan fingerprint density at radius 3 is 2.91 bits per heavy atom. The summed E-state index contributed by atoms with van der Waals surface area (Å²) in [6.07, 6.45) is 7.45. The number of benzene rings is 1. The molecule has 1 aromatic carbocycles. The number of amidine groups is 1. The molecule has 0 aliphatic carbocycles. The van der Waals surface area contributed by atoms with E-state index in [1.54, 1.807) is 10.6 Å². The molecular formula is C24H31BrN8O. The normalized spacial score (nSPS) is 15.5. The maximum atomic E-state index is 5.97. The van der Waals surface area contributed by atoms with E-state index >= 15 is 0 Å². The zero-order valence-electron chi connectivity index (χ0n) is 19.5. The Bertz CT molecular complexity index is 1170. The van der Waals surface area contributed by atoms with E-state index in [1.165, 1.54) is 0 Å². The predicted octanol–water partition coefficient (Wildman–Crippen LogP) is 4.39. The van der Waals surface area contributed by atoms with Gasteiger partial charge in [-0.3, -0.25) is 0 Å². The summed E-state index contributed by atoms with van der Waals surface area (Å²) < 4.78 is 7.25. The zero-order valence-corrected chi connectivity index (χ0v) is 21.1. The molecule has 1 fully saturated rings. The van der Waals surface area contributed by atoms with Crippen LogP contribution in [-0.4, -0.2) is 50.0 Å². The van der Waals surface area contributed by atoms with Gasteiger partial charge in [0, 0.05) is 36.7 Å². The first-order valence-corrected chi connectivity index (χ1v) is 12.6. The Morgan fingerprint density at radius 2 is 2.15 bits per heavy atom. The van der Waals surface area contributed by atoms with Crippen LogP contribution < -0.4 is 16.4 Å². The molecule has 0 amide bonds. The van der Waals surface area contributed by atoms with Crippen LogP contribution in [0, 0.1) is 0 Å². The second kappa shape index (κ2) is 11.4. The number of aliphatic imine (C=N–C) groups is 1. The van der Waals surface area contributed by atoms with Crippen LogP contribution in [0.1, 0.15) is 43.7 Å². The van der Waals surface area contributed by atoms with E-state index in [0.717, 1.165) is 53.8 Å². The van der Waals surface area contributed by atoms with Gasteiger partial charge in [-0.25, -0.2) is 4.99 Å². The number of rotatable bonds is 9. The number of halogens is 1. The van der Waals surface area contributed by atoms with Crippen LogP contribution in [0.2, 0.25) is 0 Å². The van der Waals surface area contributed by atoms with Crippen molar-refractivity contribution in [2.75, 3.05) is 29.2 Å². The summed E-state index contributed by atoms with van der Waals surface area (Å²) in [7, 11) is 0. The molecule has 2 aromatic heterocycles. The minimum Gasteiger partial charge on any atom is -0.384 e. The van der Waals surface area contributed by atoms with Crippen LogP contribution >= 0.6 is 15.9 Å². The van der Waals surface area contributed by atoms with Crippen molar-refractivity contribution in [2.24, 2.45) is 10.7 Å². The van der Waals surface area contributed by atoms with Crippen molar-refractivity contribution >= 4 is 45.0 Å². The SMILES string of the molecule is CC(C)c1cnn2c(NCc3cccc(N=C(N)/C=C/CBr)c3)nc(NC3CCOCC3)nc12. The molecule has 0 radical (unpaired) electrons. The quantitative estimate of drug-likeness (QED) is 0.215. The van der Waals surface area contributed by atoms with Gasteiger partial charge in [-0.1, -0.05) is 48.0 Å². The number of nitrogens with zero attached hydrogens (tertiary/aromatic N) is 5. The van der Waals surface area contributed by atoms with E-state index in [-0.39, 0.29) is 0 Å². The lowest BCUT2D eigenvalue weighted by molar-refractivity contribution is 0.0903. The fourth-order valence-electron chi connectivity index (χ4n) is 3.77. The lowest BCUT2D eigenvalue weighted by atomic mass is 10.1. The highest BCUT2D eigenvalue weighted by Gasteiger charge is 2.19. The van der Waals surface area contributed by atoms with Crippen molar-refractivity contribution in [3.63, 3.8) is 0 Å². The maximum absolute atomic E-state index is 5.97. The third-order valence-corrected chi connectivity index (χ3v) is 5.94. The van der Waals surface area contributed by atoms with Crippen molar-refractivity contribution in [1.29, 1.82) is 0 Å². The molecule has 4 N–H and O–H groups in total. The highest BCUT2D eigenvalue weighted by Crippen LogP contribution is 2.23. The minimum atomic E-state index is 0.299. The standard InChI is InChI=1S/C24H31BrN8O/c1-16(2)20-15-28-33-22(20)31-23(30-18-8-11-34-12-9-18)32-24(33)27-14-17-5-3-6-19(13-17)29-21(26)7-4-10-25/h3-7,13,15-16,18H,8-12,14H2,1-2H3,(H2,26,29)(H2,27,30,31,32)/b7-4+. The number of aromatic nitrogens is 4. The lowest BCUT2D eigenvalue weighted by Gasteiger charge is -2.23. The van der Waals surface area contributed by atoms with E-state index in [2.05, 4.69) is 50.5 Å². The molecule has 0 atom stereocenters. The number of ether oxygens (including phenoxy) is 1. The van der Waals surface area contributed by atoms with Gasteiger partial charge in [0.2, 0.25) is 11.9 Å². The molecule has 1 aliphatic rings. The van der Waals surface area contributed by atoms with E-state index < -0.39 is 0 Å². The summed E-state index contributed by atoms with van der Waals surface area (Å²) in [4.78, 5) is 14.0. The summed E-state index contributed by atoms with van der Waals surface area (Å²) in [5, 5.41) is 12.2. The van der Waals surface area contributed by atoms with Crippen molar-refractivity contribution in [3.05, 3.63) is 53.7 Å². The van der Waals surface area contributed by atoms with Crippen LogP contribution in [0.5, 0.6) is 0 Å². The number of alkyl halides is 1. The number of nitrogens with one attached hydrogen (secondary N) is 2. The monoisotopic (exact) mass is 526 g/mol. The second-order valence-electron chi connectivity index (χ2n) is 8.51. The van der Waals surface area contributed by atoms with Gasteiger partial charge in [0.1, 0.15) is 5.84 Å². The maximum Gasteiger partial charge on any atom is 0.229 e.